The molecule has 0 radical (unpaired) electrons. The minimum absolute atomic E-state index is 0.0238. The van der Waals surface area contributed by atoms with Crippen LogP contribution in [0.2, 0.25) is 0 Å². The lowest BCUT2D eigenvalue weighted by Gasteiger charge is -2.37. The molecule has 7 nitrogen and oxygen atoms in total. The van der Waals surface area contributed by atoms with Crippen LogP contribution in [0.4, 0.5) is 11.4 Å². The number of nitrogens with one attached hydrogen (secondary N) is 2. The van der Waals surface area contributed by atoms with Gasteiger partial charge in [-0.15, -0.1) is 0 Å². The number of carbonyl (C=O) groups is 2. The van der Waals surface area contributed by atoms with E-state index < -0.39 is 0 Å². The number of anilines is 2. The maximum atomic E-state index is 12.7. The van der Waals surface area contributed by atoms with Gasteiger partial charge in [-0.1, -0.05) is 24.3 Å². The zero-order valence-electron chi connectivity index (χ0n) is 18.1. The first kappa shape index (κ1) is 21.2. The summed E-state index contributed by atoms with van der Waals surface area (Å²) in [6.07, 6.45) is 2.02. The maximum Gasteiger partial charge on any atom is 0.253 e. The van der Waals surface area contributed by atoms with Crippen molar-refractivity contribution in [1.82, 2.24) is 10.2 Å². The van der Waals surface area contributed by atoms with E-state index in [2.05, 4.69) is 28.5 Å². The lowest BCUT2D eigenvalue weighted by atomic mass is 10.1. The van der Waals surface area contributed by atoms with Crippen molar-refractivity contribution >= 4 is 23.2 Å². The second-order valence-corrected chi connectivity index (χ2v) is 8.28. The molecule has 2 aromatic rings. The molecule has 2 aromatic carbocycles. The fourth-order valence-corrected chi connectivity index (χ4v) is 3.90. The van der Waals surface area contributed by atoms with Gasteiger partial charge in [-0.2, -0.15) is 0 Å². The summed E-state index contributed by atoms with van der Waals surface area (Å²) in [6.45, 7) is 4.66. The molecule has 0 aromatic heterocycles. The van der Waals surface area contributed by atoms with Gasteiger partial charge in [-0.25, -0.2) is 0 Å². The van der Waals surface area contributed by atoms with E-state index >= 15 is 0 Å². The van der Waals surface area contributed by atoms with E-state index in [1.54, 1.807) is 18.2 Å². The van der Waals surface area contributed by atoms with E-state index in [0.29, 0.717) is 17.8 Å². The Labute approximate surface area is 183 Å². The number of carbonyl (C=O) groups excluding carboxylic acids is 2. The van der Waals surface area contributed by atoms with Crippen molar-refractivity contribution in [3.05, 3.63) is 54.1 Å². The van der Waals surface area contributed by atoms with Gasteiger partial charge in [0, 0.05) is 19.1 Å². The molecule has 0 bridgehead atoms. The van der Waals surface area contributed by atoms with Gasteiger partial charge in [0.05, 0.1) is 30.0 Å². The number of nitrogens with zero attached hydrogens (tertiary/aromatic N) is 2. The van der Waals surface area contributed by atoms with Crippen molar-refractivity contribution in [3.63, 3.8) is 0 Å². The lowest BCUT2D eigenvalue weighted by Crippen LogP contribution is -2.46. The molecule has 1 saturated carbocycles. The molecule has 0 spiro atoms. The number of ether oxygens (including phenoxy) is 1. The lowest BCUT2D eigenvalue weighted by molar-refractivity contribution is -0.117. The first-order valence-corrected chi connectivity index (χ1v) is 10.9. The smallest absolute Gasteiger partial charge is 0.253 e. The normalized spacial score (nSPS) is 17.6. The highest BCUT2D eigenvalue weighted by atomic mass is 16.5. The third-order valence-corrected chi connectivity index (χ3v) is 5.59. The number of benzene rings is 2. The summed E-state index contributed by atoms with van der Waals surface area (Å²) in [6, 6.07) is 15.5. The summed E-state index contributed by atoms with van der Waals surface area (Å²) in [5.74, 6) is 0.590. The number of rotatable bonds is 8. The number of hydrogen-bond donors (Lipinski definition) is 2. The van der Waals surface area contributed by atoms with E-state index in [1.807, 2.05) is 36.2 Å². The van der Waals surface area contributed by atoms with E-state index in [4.69, 9.17) is 4.74 Å². The van der Waals surface area contributed by atoms with E-state index in [9.17, 15) is 9.59 Å². The van der Waals surface area contributed by atoms with Crippen molar-refractivity contribution in [2.45, 2.75) is 31.9 Å². The van der Waals surface area contributed by atoms with Crippen LogP contribution in [0, 0.1) is 0 Å². The van der Waals surface area contributed by atoms with Gasteiger partial charge in [0.1, 0.15) is 11.9 Å². The Bertz CT molecular complexity index is 944. The highest BCUT2D eigenvalue weighted by Crippen LogP contribution is 2.32. The zero-order chi connectivity index (χ0) is 21.8. The molecule has 0 saturated heterocycles. The van der Waals surface area contributed by atoms with Gasteiger partial charge in [0.25, 0.3) is 5.91 Å². The second kappa shape index (κ2) is 9.39. The van der Waals surface area contributed by atoms with Crippen LogP contribution < -0.4 is 20.3 Å². The summed E-state index contributed by atoms with van der Waals surface area (Å²) in [5, 5.41) is 5.87. The SMILES string of the molecule is CCN1C[C@H](CN(C)CC(=O)Nc2ccccc2C(=O)NC2CC2)Oc2ccccc21. The quantitative estimate of drug-likeness (QED) is 0.684. The van der Waals surface area contributed by atoms with Crippen LogP contribution >= 0.6 is 0 Å². The summed E-state index contributed by atoms with van der Waals surface area (Å²) >= 11 is 0. The van der Waals surface area contributed by atoms with Crippen LogP contribution in [0.1, 0.15) is 30.1 Å². The summed E-state index contributed by atoms with van der Waals surface area (Å²) in [5.41, 5.74) is 2.15. The van der Waals surface area contributed by atoms with Crippen LogP contribution in [0.5, 0.6) is 5.75 Å². The van der Waals surface area contributed by atoms with Crippen LogP contribution in [0.3, 0.4) is 0 Å². The van der Waals surface area contributed by atoms with Gasteiger partial charge in [-0.05, 0) is 51.1 Å². The molecule has 31 heavy (non-hydrogen) atoms. The molecular formula is C24H30N4O3. The van der Waals surface area contributed by atoms with Crippen molar-refractivity contribution in [3.8, 4) is 5.75 Å². The molecule has 7 heteroatoms. The highest BCUT2D eigenvalue weighted by Gasteiger charge is 2.27. The predicted octanol–water partition coefficient (Wildman–Crippen LogP) is 2.74. The average Bonchev–Trinajstić information content (AvgIpc) is 3.57. The molecule has 2 aliphatic rings. The Hall–Kier alpha value is -3.06. The van der Waals surface area contributed by atoms with Crippen molar-refractivity contribution < 1.29 is 14.3 Å². The molecule has 1 heterocycles. The number of fused-ring (bicyclic) bond motifs is 1. The topological polar surface area (TPSA) is 73.9 Å². The van der Waals surface area contributed by atoms with Crippen LogP contribution in [-0.2, 0) is 4.79 Å². The Morgan fingerprint density at radius 2 is 1.87 bits per heavy atom. The summed E-state index contributed by atoms with van der Waals surface area (Å²) in [7, 11) is 1.91. The predicted molar refractivity (Wildman–Crippen MR) is 122 cm³/mol. The molecule has 1 fully saturated rings. The third kappa shape index (κ3) is 5.35. The molecule has 164 valence electrons. The van der Waals surface area contributed by atoms with Crippen molar-refractivity contribution in [1.29, 1.82) is 0 Å². The minimum atomic E-state index is -0.155. The molecule has 0 unspecified atom stereocenters. The standard InChI is InChI=1S/C24H30N4O3/c1-3-28-15-18(31-22-11-7-6-10-21(22)28)14-27(2)16-23(29)26-20-9-5-4-8-19(20)24(30)25-17-12-13-17/h4-11,17-18H,3,12-16H2,1-2H3,(H,25,30)(H,26,29)/t18-/m0/s1. The Morgan fingerprint density at radius 1 is 1.13 bits per heavy atom. The highest BCUT2D eigenvalue weighted by molar-refractivity contribution is 6.04. The number of hydrogen-bond acceptors (Lipinski definition) is 5. The van der Waals surface area contributed by atoms with Crippen molar-refractivity contribution in [2.75, 3.05) is 43.4 Å². The first-order chi connectivity index (χ1) is 15.0. The third-order valence-electron chi connectivity index (χ3n) is 5.59. The van der Waals surface area contributed by atoms with Crippen LogP contribution in [-0.4, -0.2) is 62.1 Å². The number of para-hydroxylation sites is 3. The van der Waals surface area contributed by atoms with Gasteiger partial charge in [0.15, 0.2) is 0 Å². The monoisotopic (exact) mass is 422 g/mol. The fraction of sp³-hybridized carbons (Fsp3) is 0.417. The first-order valence-electron chi connectivity index (χ1n) is 10.9. The molecule has 1 atom stereocenters. The van der Waals surface area contributed by atoms with E-state index in [1.165, 1.54) is 0 Å². The average molecular weight is 423 g/mol. The van der Waals surface area contributed by atoms with Crippen LogP contribution in [0.15, 0.2) is 48.5 Å². The van der Waals surface area contributed by atoms with Gasteiger partial charge >= 0.3 is 0 Å². The van der Waals surface area contributed by atoms with Gasteiger partial charge in [-0.3, -0.25) is 14.5 Å². The summed E-state index contributed by atoms with van der Waals surface area (Å²) < 4.78 is 6.16. The molecule has 4 rings (SSSR count). The molecule has 2 N–H and O–H groups in total. The van der Waals surface area contributed by atoms with Crippen LogP contribution in [0.25, 0.3) is 0 Å². The number of likely N-dealkylation sites (N-methyl/N-ethyl adjacent to an activating group) is 2. The van der Waals surface area contributed by atoms with Gasteiger partial charge < -0.3 is 20.3 Å². The largest absolute Gasteiger partial charge is 0.485 e. The molecule has 1 aliphatic heterocycles. The number of amides is 2. The van der Waals surface area contributed by atoms with E-state index in [0.717, 1.165) is 37.4 Å². The Morgan fingerprint density at radius 3 is 2.65 bits per heavy atom. The second-order valence-electron chi connectivity index (χ2n) is 8.28. The Kier molecular flexibility index (Phi) is 6.42. The molecule has 1 aliphatic carbocycles. The summed E-state index contributed by atoms with van der Waals surface area (Å²) in [4.78, 5) is 29.4. The minimum Gasteiger partial charge on any atom is -0.485 e. The zero-order valence-corrected chi connectivity index (χ0v) is 18.1. The maximum absolute atomic E-state index is 12.7. The fourth-order valence-electron chi connectivity index (χ4n) is 3.90. The van der Waals surface area contributed by atoms with Gasteiger partial charge in [0.2, 0.25) is 5.91 Å². The molecule has 2 amide bonds. The van der Waals surface area contributed by atoms with Crippen molar-refractivity contribution in [2.24, 2.45) is 0 Å². The van der Waals surface area contributed by atoms with E-state index in [-0.39, 0.29) is 30.5 Å². The molecular weight excluding hydrogens is 392 g/mol. The Balaban J connectivity index is 1.33.